The molecule has 0 saturated heterocycles. The minimum Gasteiger partial charge on any atom is -0.378 e. The van der Waals surface area contributed by atoms with Gasteiger partial charge in [-0.1, -0.05) is 39.0 Å². The largest absolute Gasteiger partial charge is 0.378 e. The molecule has 0 fully saturated rings. The van der Waals surface area contributed by atoms with E-state index in [0.29, 0.717) is 39.2 Å². The van der Waals surface area contributed by atoms with Crippen molar-refractivity contribution in [2.75, 3.05) is 19.4 Å². The zero-order valence-corrected chi connectivity index (χ0v) is 25.4. The third-order valence-electron chi connectivity index (χ3n) is 7.29. The summed E-state index contributed by atoms with van der Waals surface area (Å²) in [5.41, 5.74) is 3.81. The Kier molecular flexibility index (Phi) is 8.91. The van der Waals surface area contributed by atoms with Gasteiger partial charge in [0, 0.05) is 61.7 Å². The van der Waals surface area contributed by atoms with Gasteiger partial charge in [0.05, 0.1) is 11.4 Å². The van der Waals surface area contributed by atoms with Crippen LogP contribution in [0.2, 0.25) is 0 Å². The molecular weight excluding hydrogens is 549 g/mol. The van der Waals surface area contributed by atoms with Crippen LogP contribution < -0.4 is 10.9 Å². The summed E-state index contributed by atoms with van der Waals surface area (Å²) in [4.78, 5) is 43.7. The van der Waals surface area contributed by atoms with Gasteiger partial charge in [-0.2, -0.15) is 5.10 Å². The molecule has 2 aromatic heterocycles. The SMILES string of the molecule is Cc1c(-c2cc(Cc3ccc([C@H](O)C(=O)N(C)C)cn3)c(=O)n(C)n2)ccc(F)c1NC(=O)c1ccc(C(C)(C)C)cc1. The molecule has 0 aliphatic heterocycles. The lowest BCUT2D eigenvalue weighted by atomic mass is 9.86. The minimum absolute atomic E-state index is 0.0303. The standard InChI is InChI=1S/C33H36FN5O4/c1-19-25(14-15-26(34)28(19)36-30(41)20-8-11-23(12-9-20)33(2,3)4)27-17-22(31(42)39(7)37-27)16-24-13-10-21(18-35-24)29(40)32(43)38(5)6/h8-15,17-18,29,40H,16H2,1-7H3,(H,36,41)/t29-/m0/s1. The molecule has 0 unspecified atom stereocenters. The van der Waals surface area contributed by atoms with E-state index in [2.05, 4.69) is 36.2 Å². The second kappa shape index (κ2) is 12.3. The fourth-order valence-electron chi connectivity index (χ4n) is 4.63. The Balaban J connectivity index is 1.62. The molecule has 0 aliphatic carbocycles. The zero-order valence-electron chi connectivity index (χ0n) is 25.4. The third-order valence-corrected chi connectivity index (χ3v) is 7.29. The first-order valence-electron chi connectivity index (χ1n) is 13.8. The van der Waals surface area contributed by atoms with E-state index in [9.17, 15) is 23.9 Å². The first kappa shape index (κ1) is 31.2. The number of rotatable bonds is 7. The van der Waals surface area contributed by atoms with Crippen molar-refractivity contribution in [3.63, 3.8) is 0 Å². The molecule has 4 aromatic rings. The molecule has 0 bridgehead atoms. The Morgan fingerprint density at radius 3 is 2.33 bits per heavy atom. The van der Waals surface area contributed by atoms with Crippen LogP contribution in [0.4, 0.5) is 10.1 Å². The number of hydrogen-bond acceptors (Lipinski definition) is 6. The number of aliphatic hydroxyl groups is 1. The highest BCUT2D eigenvalue weighted by Crippen LogP contribution is 2.31. The lowest BCUT2D eigenvalue weighted by Gasteiger charge is -2.19. The summed E-state index contributed by atoms with van der Waals surface area (Å²) in [5, 5.41) is 17.4. The number of nitrogens with zero attached hydrogens (tertiary/aromatic N) is 4. The zero-order chi connectivity index (χ0) is 31.6. The number of aliphatic hydroxyl groups excluding tert-OH is 1. The summed E-state index contributed by atoms with van der Waals surface area (Å²) < 4.78 is 16.2. The number of likely N-dealkylation sites (N-methyl/N-ethyl adjacent to an activating group) is 1. The van der Waals surface area contributed by atoms with E-state index in [4.69, 9.17) is 0 Å². The number of aromatic nitrogens is 3. The molecule has 0 aliphatic rings. The quantitative estimate of drug-likeness (QED) is 0.329. The summed E-state index contributed by atoms with van der Waals surface area (Å²) >= 11 is 0. The Morgan fingerprint density at radius 2 is 1.74 bits per heavy atom. The Hall–Kier alpha value is -4.70. The summed E-state index contributed by atoms with van der Waals surface area (Å²) in [5.74, 6) is -1.50. The van der Waals surface area contributed by atoms with Crippen molar-refractivity contribution in [3.05, 3.63) is 110 Å². The smallest absolute Gasteiger partial charge is 0.270 e. The number of carbonyl (C=O) groups excluding carboxylic acids is 2. The van der Waals surface area contributed by atoms with Crippen LogP contribution in [0.25, 0.3) is 11.3 Å². The summed E-state index contributed by atoms with van der Waals surface area (Å²) in [6.45, 7) is 7.93. The highest BCUT2D eigenvalue weighted by atomic mass is 19.1. The highest BCUT2D eigenvalue weighted by molar-refractivity contribution is 6.05. The molecule has 9 nitrogen and oxygen atoms in total. The maximum Gasteiger partial charge on any atom is 0.270 e. The van der Waals surface area contributed by atoms with E-state index in [-0.39, 0.29) is 23.1 Å². The van der Waals surface area contributed by atoms with Gasteiger partial charge in [0.2, 0.25) is 0 Å². The van der Waals surface area contributed by atoms with Crippen LogP contribution in [0.3, 0.4) is 0 Å². The molecule has 224 valence electrons. The second-order valence-corrected chi connectivity index (χ2v) is 11.8. The molecule has 2 N–H and O–H groups in total. The molecule has 2 aromatic carbocycles. The van der Waals surface area contributed by atoms with E-state index in [1.54, 1.807) is 57.4 Å². The Bertz CT molecular complexity index is 1720. The van der Waals surface area contributed by atoms with Gasteiger partial charge in [-0.15, -0.1) is 0 Å². The molecule has 4 rings (SSSR count). The van der Waals surface area contributed by atoms with E-state index in [1.165, 1.54) is 28.9 Å². The monoisotopic (exact) mass is 585 g/mol. The van der Waals surface area contributed by atoms with Gasteiger partial charge >= 0.3 is 0 Å². The molecule has 0 radical (unpaired) electrons. The highest BCUT2D eigenvalue weighted by Gasteiger charge is 2.21. The molecule has 0 saturated carbocycles. The fraction of sp³-hybridized carbons (Fsp3) is 0.303. The number of benzene rings is 2. The van der Waals surface area contributed by atoms with Gasteiger partial charge in [-0.3, -0.25) is 19.4 Å². The summed E-state index contributed by atoms with van der Waals surface area (Å²) in [6, 6.07) is 14.9. The van der Waals surface area contributed by atoms with Crippen molar-refractivity contribution in [2.45, 2.75) is 45.6 Å². The van der Waals surface area contributed by atoms with Crippen molar-refractivity contribution in [2.24, 2.45) is 7.05 Å². The number of nitrogens with one attached hydrogen (secondary N) is 1. The van der Waals surface area contributed by atoms with Crippen LogP contribution in [0, 0.1) is 12.7 Å². The molecule has 0 spiro atoms. The summed E-state index contributed by atoms with van der Waals surface area (Å²) in [6.07, 6.45) is 0.231. The van der Waals surface area contributed by atoms with Gasteiger partial charge in [-0.25, -0.2) is 9.07 Å². The maximum absolute atomic E-state index is 15.0. The van der Waals surface area contributed by atoms with Gasteiger partial charge in [0.1, 0.15) is 5.82 Å². The van der Waals surface area contributed by atoms with Gasteiger partial charge in [0.15, 0.2) is 6.10 Å². The second-order valence-electron chi connectivity index (χ2n) is 11.8. The van der Waals surface area contributed by atoms with Crippen molar-refractivity contribution >= 4 is 17.5 Å². The molecule has 1 atom stereocenters. The average molecular weight is 586 g/mol. The van der Waals surface area contributed by atoms with Gasteiger partial charge in [-0.05, 0) is 59.9 Å². The molecule has 10 heteroatoms. The topological polar surface area (TPSA) is 117 Å². The van der Waals surface area contributed by atoms with Gasteiger partial charge in [0.25, 0.3) is 17.4 Å². The number of pyridine rings is 1. The van der Waals surface area contributed by atoms with Crippen molar-refractivity contribution in [3.8, 4) is 11.3 Å². The van der Waals surface area contributed by atoms with Crippen molar-refractivity contribution < 1.29 is 19.1 Å². The predicted molar refractivity (Wildman–Crippen MR) is 163 cm³/mol. The molecular formula is C33H36FN5O4. The number of hydrogen-bond donors (Lipinski definition) is 2. The number of aryl methyl sites for hydroxylation is 1. The Morgan fingerprint density at radius 1 is 1.07 bits per heavy atom. The molecule has 43 heavy (non-hydrogen) atoms. The van der Waals surface area contributed by atoms with Crippen LogP contribution in [0.1, 0.15) is 65.2 Å². The first-order chi connectivity index (χ1) is 20.2. The van der Waals surface area contributed by atoms with Crippen LogP contribution in [-0.4, -0.2) is 50.7 Å². The van der Waals surface area contributed by atoms with Crippen LogP contribution in [0.5, 0.6) is 0 Å². The van der Waals surface area contributed by atoms with Crippen molar-refractivity contribution in [1.29, 1.82) is 0 Å². The van der Waals surface area contributed by atoms with Crippen LogP contribution >= 0.6 is 0 Å². The van der Waals surface area contributed by atoms with Crippen LogP contribution in [-0.2, 0) is 23.7 Å². The third kappa shape index (κ3) is 6.86. The summed E-state index contributed by atoms with van der Waals surface area (Å²) in [7, 11) is 4.63. The van der Waals surface area contributed by atoms with E-state index in [1.807, 2.05) is 12.1 Å². The van der Waals surface area contributed by atoms with E-state index < -0.39 is 23.7 Å². The lowest BCUT2D eigenvalue weighted by molar-refractivity contribution is -0.137. The Labute approximate surface area is 250 Å². The predicted octanol–water partition coefficient (Wildman–Crippen LogP) is 4.55. The molecule has 2 heterocycles. The van der Waals surface area contributed by atoms with E-state index in [0.717, 1.165) is 5.56 Å². The average Bonchev–Trinajstić information content (AvgIpc) is 2.96. The number of amides is 2. The maximum atomic E-state index is 15.0. The first-order valence-corrected chi connectivity index (χ1v) is 13.8. The minimum atomic E-state index is -1.34. The number of carbonyl (C=O) groups is 2. The normalized spacial score (nSPS) is 12.1. The molecule has 2 amide bonds. The van der Waals surface area contributed by atoms with Gasteiger partial charge < -0.3 is 15.3 Å². The lowest BCUT2D eigenvalue weighted by Crippen LogP contribution is -2.28. The van der Waals surface area contributed by atoms with E-state index >= 15 is 0 Å². The van der Waals surface area contributed by atoms with Crippen LogP contribution in [0.15, 0.2) is 65.6 Å². The number of anilines is 1. The number of halogens is 1. The van der Waals surface area contributed by atoms with Crippen molar-refractivity contribution in [1.82, 2.24) is 19.7 Å². The fourth-order valence-corrected chi connectivity index (χ4v) is 4.63.